The van der Waals surface area contributed by atoms with Gasteiger partial charge in [0.1, 0.15) is 5.69 Å². The summed E-state index contributed by atoms with van der Waals surface area (Å²) >= 11 is 0. The van der Waals surface area contributed by atoms with Crippen molar-refractivity contribution in [1.82, 2.24) is 25.3 Å². The molecule has 0 spiro atoms. The molecule has 0 radical (unpaired) electrons. The van der Waals surface area contributed by atoms with E-state index in [0.29, 0.717) is 12.2 Å². The molecule has 3 rings (SSSR count). The fourth-order valence-corrected chi connectivity index (χ4v) is 2.03. The van der Waals surface area contributed by atoms with Crippen LogP contribution in [0.3, 0.4) is 0 Å². The molecule has 1 amide bonds. The Morgan fingerprint density at radius 1 is 1.29 bits per heavy atom. The molecule has 0 saturated heterocycles. The number of amides is 1. The maximum atomic E-state index is 11.1. The third-order valence-corrected chi connectivity index (χ3v) is 3.05. The standard InChI is InChI=1S/C14H14N6O/c15-7-13(21)17-8-11-9-20(19-18-11)12-5-1-3-10-4-2-6-16-14(10)12/h1-6,9H,7-8,15H2,(H,17,21). The number of benzene rings is 1. The summed E-state index contributed by atoms with van der Waals surface area (Å²) in [5, 5.41) is 11.8. The summed E-state index contributed by atoms with van der Waals surface area (Å²) in [4.78, 5) is 15.5. The van der Waals surface area contributed by atoms with Gasteiger partial charge in [-0.3, -0.25) is 9.78 Å². The van der Waals surface area contributed by atoms with E-state index in [1.54, 1.807) is 17.1 Å². The number of pyridine rings is 1. The summed E-state index contributed by atoms with van der Waals surface area (Å²) in [5.74, 6) is -0.226. The zero-order valence-electron chi connectivity index (χ0n) is 11.2. The number of fused-ring (bicyclic) bond motifs is 1. The largest absolute Gasteiger partial charge is 0.349 e. The number of hydrogen-bond acceptors (Lipinski definition) is 5. The Balaban J connectivity index is 1.90. The Morgan fingerprint density at radius 3 is 3.00 bits per heavy atom. The minimum absolute atomic E-state index is 0.0403. The summed E-state index contributed by atoms with van der Waals surface area (Å²) in [7, 11) is 0. The van der Waals surface area contributed by atoms with E-state index in [-0.39, 0.29) is 12.5 Å². The fraction of sp³-hybridized carbons (Fsp3) is 0.143. The molecule has 0 atom stereocenters. The van der Waals surface area contributed by atoms with Gasteiger partial charge in [0.25, 0.3) is 0 Å². The van der Waals surface area contributed by atoms with Crippen LogP contribution < -0.4 is 11.1 Å². The van der Waals surface area contributed by atoms with Crippen LogP contribution in [0.1, 0.15) is 5.69 Å². The predicted molar refractivity (Wildman–Crippen MR) is 77.6 cm³/mol. The molecule has 21 heavy (non-hydrogen) atoms. The Labute approximate surface area is 120 Å². The van der Waals surface area contributed by atoms with Crippen molar-refractivity contribution >= 4 is 16.8 Å². The predicted octanol–water partition coefficient (Wildman–Crippen LogP) is 0.390. The second-order valence-electron chi connectivity index (χ2n) is 4.49. The molecule has 3 aromatic rings. The average molecular weight is 282 g/mol. The smallest absolute Gasteiger partial charge is 0.234 e. The van der Waals surface area contributed by atoms with Crippen molar-refractivity contribution in [2.24, 2.45) is 5.73 Å². The minimum atomic E-state index is -0.226. The number of nitrogens with one attached hydrogen (secondary N) is 1. The van der Waals surface area contributed by atoms with E-state index in [2.05, 4.69) is 20.6 Å². The van der Waals surface area contributed by atoms with Gasteiger partial charge in [-0.15, -0.1) is 5.10 Å². The van der Waals surface area contributed by atoms with Crippen LogP contribution in [0, 0.1) is 0 Å². The Kier molecular flexibility index (Phi) is 3.57. The number of nitrogens with zero attached hydrogens (tertiary/aromatic N) is 4. The summed E-state index contributed by atoms with van der Waals surface area (Å²) in [6.07, 6.45) is 3.51. The van der Waals surface area contributed by atoms with Crippen molar-refractivity contribution in [1.29, 1.82) is 0 Å². The SMILES string of the molecule is NCC(=O)NCc1cn(-c2cccc3cccnc23)nn1. The van der Waals surface area contributed by atoms with Gasteiger partial charge >= 0.3 is 0 Å². The average Bonchev–Trinajstić information content (AvgIpc) is 3.00. The molecule has 0 aliphatic carbocycles. The molecule has 2 aromatic heterocycles. The molecule has 0 unspecified atom stereocenters. The van der Waals surface area contributed by atoms with E-state index >= 15 is 0 Å². The van der Waals surface area contributed by atoms with E-state index in [4.69, 9.17) is 5.73 Å². The van der Waals surface area contributed by atoms with Crippen molar-refractivity contribution in [2.75, 3.05) is 6.54 Å². The van der Waals surface area contributed by atoms with Crippen LogP contribution in [0.15, 0.2) is 42.7 Å². The van der Waals surface area contributed by atoms with Crippen LogP contribution in [0.5, 0.6) is 0 Å². The molecule has 0 saturated carbocycles. The van der Waals surface area contributed by atoms with Crippen molar-refractivity contribution in [3.05, 3.63) is 48.4 Å². The van der Waals surface area contributed by atoms with E-state index in [1.165, 1.54) is 0 Å². The lowest BCUT2D eigenvalue weighted by Crippen LogP contribution is -2.29. The monoisotopic (exact) mass is 282 g/mol. The van der Waals surface area contributed by atoms with Crippen LogP contribution in [0.4, 0.5) is 0 Å². The van der Waals surface area contributed by atoms with E-state index in [1.807, 2.05) is 30.3 Å². The van der Waals surface area contributed by atoms with Crippen LogP contribution in [0.2, 0.25) is 0 Å². The first-order chi connectivity index (χ1) is 10.3. The normalized spacial score (nSPS) is 10.7. The summed E-state index contributed by atoms with van der Waals surface area (Å²) in [6, 6.07) is 9.74. The highest BCUT2D eigenvalue weighted by Gasteiger charge is 2.08. The Hall–Kier alpha value is -2.80. The first kappa shape index (κ1) is 13.2. The molecular weight excluding hydrogens is 268 g/mol. The molecule has 3 N–H and O–H groups in total. The molecule has 0 fully saturated rings. The number of carbonyl (C=O) groups is 1. The molecule has 0 bridgehead atoms. The van der Waals surface area contributed by atoms with E-state index < -0.39 is 0 Å². The number of carbonyl (C=O) groups excluding carboxylic acids is 1. The van der Waals surface area contributed by atoms with Gasteiger partial charge in [-0.1, -0.05) is 23.4 Å². The number of para-hydroxylation sites is 1. The maximum absolute atomic E-state index is 11.1. The molecule has 7 nitrogen and oxygen atoms in total. The van der Waals surface area contributed by atoms with Crippen LogP contribution in [0.25, 0.3) is 16.6 Å². The zero-order valence-corrected chi connectivity index (χ0v) is 11.2. The quantitative estimate of drug-likeness (QED) is 0.721. The number of hydrogen-bond donors (Lipinski definition) is 2. The lowest BCUT2D eigenvalue weighted by Gasteiger charge is -2.04. The molecule has 7 heteroatoms. The summed E-state index contributed by atoms with van der Waals surface area (Å²) in [6.45, 7) is 0.260. The second-order valence-corrected chi connectivity index (χ2v) is 4.49. The first-order valence-electron chi connectivity index (χ1n) is 6.50. The summed E-state index contributed by atoms with van der Waals surface area (Å²) < 4.78 is 1.65. The highest BCUT2D eigenvalue weighted by atomic mass is 16.1. The maximum Gasteiger partial charge on any atom is 0.234 e. The Morgan fingerprint density at radius 2 is 2.14 bits per heavy atom. The minimum Gasteiger partial charge on any atom is -0.349 e. The van der Waals surface area contributed by atoms with Gasteiger partial charge in [0.15, 0.2) is 0 Å². The fourth-order valence-electron chi connectivity index (χ4n) is 2.03. The van der Waals surface area contributed by atoms with Gasteiger partial charge in [-0.05, 0) is 12.1 Å². The topological polar surface area (TPSA) is 98.7 Å². The van der Waals surface area contributed by atoms with Gasteiger partial charge in [-0.2, -0.15) is 0 Å². The molecular formula is C14H14N6O. The molecule has 0 aliphatic rings. The van der Waals surface area contributed by atoms with Crippen molar-refractivity contribution in [3.8, 4) is 5.69 Å². The highest BCUT2D eigenvalue weighted by Crippen LogP contribution is 2.19. The van der Waals surface area contributed by atoms with E-state index in [9.17, 15) is 4.79 Å². The lowest BCUT2D eigenvalue weighted by molar-refractivity contribution is -0.119. The van der Waals surface area contributed by atoms with Crippen LogP contribution >= 0.6 is 0 Å². The zero-order chi connectivity index (χ0) is 14.7. The van der Waals surface area contributed by atoms with Crippen molar-refractivity contribution in [2.45, 2.75) is 6.54 Å². The molecule has 0 aliphatic heterocycles. The number of aromatic nitrogens is 4. The van der Waals surface area contributed by atoms with Crippen molar-refractivity contribution in [3.63, 3.8) is 0 Å². The molecule has 106 valence electrons. The van der Waals surface area contributed by atoms with Gasteiger partial charge in [-0.25, -0.2) is 4.68 Å². The first-order valence-corrected chi connectivity index (χ1v) is 6.50. The highest BCUT2D eigenvalue weighted by molar-refractivity contribution is 5.86. The van der Waals surface area contributed by atoms with E-state index in [0.717, 1.165) is 16.6 Å². The summed E-state index contributed by atoms with van der Waals surface area (Å²) in [5.41, 5.74) is 7.58. The van der Waals surface area contributed by atoms with Gasteiger partial charge in [0.2, 0.25) is 5.91 Å². The molecule has 1 aromatic carbocycles. The third-order valence-electron chi connectivity index (χ3n) is 3.05. The van der Waals surface area contributed by atoms with Gasteiger partial charge in [0.05, 0.1) is 30.5 Å². The number of nitrogens with two attached hydrogens (primary N) is 1. The number of rotatable bonds is 4. The second kappa shape index (κ2) is 5.68. The van der Waals surface area contributed by atoms with Gasteiger partial charge in [0, 0.05) is 11.6 Å². The van der Waals surface area contributed by atoms with Crippen molar-refractivity contribution < 1.29 is 4.79 Å². The van der Waals surface area contributed by atoms with Gasteiger partial charge < -0.3 is 11.1 Å². The third kappa shape index (κ3) is 2.72. The van der Waals surface area contributed by atoms with Crippen LogP contribution in [-0.4, -0.2) is 32.4 Å². The Bertz CT molecular complexity index is 776. The lowest BCUT2D eigenvalue weighted by atomic mass is 10.2. The molecule has 2 heterocycles. The van der Waals surface area contributed by atoms with Crippen LogP contribution in [-0.2, 0) is 11.3 Å².